The Labute approximate surface area is 277 Å². The Morgan fingerprint density at radius 3 is 2.70 bits per heavy atom. The van der Waals surface area contributed by atoms with Gasteiger partial charge in [0.25, 0.3) is 0 Å². The molecule has 3 aromatic rings. The molecule has 2 saturated heterocycles. The van der Waals surface area contributed by atoms with Crippen molar-refractivity contribution in [3.05, 3.63) is 71.4 Å². The topological polar surface area (TPSA) is 109 Å². The fourth-order valence-electron chi connectivity index (χ4n) is 7.49. The molecule has 2 fully saturated rings. The highest BCUT2D eigenvalue weighted by atomic mass is 16.5. The number of pyridine rings is 1. The summed E-state index contributed by atoms with van der Waals surface area (Å²) in [5.74, 6) is 0.166. The number of rotatable bonds is 9. The quantitative estimate of drug-likeness (QED) is 0.313. The molecule has 10 nitrogen and oxygen atoms in total. The van der Waals surface area contributed by atoms with E-state index in [1.807, 2.05) is 0 Å². The van der Waals surface area contributed by atoms with Crippen molar-refractivity contribution in [3.8, 4) is 18.0 Å². The highest BCUT2D eigenvalue weighted by Crippen LogP contribution is 2.40. The third-order valence-electron chi connectivity index (χ3n) is 9.86. The molecule has 0 unspecified atom stereocenters. The Hall–Kier alpha value is -4.64. The largest absolute Gasteiger partial charge is 0.475 e. The normalized spacial score (nSPS) is 20.0. The van der Waals surface area contributed by atoms with Gasteiger partial charge < -0.3 is 24.2 Å². The molecule has 0 radical (unpaired) electrons. The molecule has 1 aromatic heterocycles. The van der Waals surface area contributed by atoms with E-state index in [0.717, 1.165) is 49.4 Å². The summed E-state index contributed by atoms with van der Waals surface area (Å²) in [5.41, 5.74) is 5.58. The maximum atomic E-state index is 12.7. The first-order valence-electron chi connectivity index (χ1n) is 16.6. The van der Waals surface area contributed by atoms with Crippen LogP contribution in [0.4, 0.5) is 11.4 Å². The van der Waals surface area contributed by atoms with Gasteiger partial charge in [0.1, 0.15) is 18.2 Å². The van der Waals surface area contributed by atoms with E-state index in [9.17, 15) is 15.3 Å². The monoisotopic (exact) mass is 633 g/mol. The molecule has 0 N–H and O–H groups in total. The molecule has 2 aromatic carbocycles. The van der Waals surface area contributed by atoms with E-state index in [0.29, 0.717) is 57.2 Å². The maximum Gasteiger partial charge on any atom is 0.246 e. The van der Waals surface area contributed by atoms with E-state index in [1.165, 1.54) is 28.1 Å². The lowest BCUT2D eigenvalue weighted by Crippen LogP contribution is -2.55. The van der Waals surface area contributed by atoms with Gasteiger partial charge in [-0.15, -0.1) is 0 Å². The number of hydrogen-bond donors (Lipinski definition) is 0. The number of aromatic nitrogens is 1. The molecule has 0 saturated carbocycles. The lowest BCUT2D eigenvalue weighted by atomic mass is 9.95. The number of fused-ring (bicyclic) bond motifs is 2. The van der Waals surface area contributed by atoms with Gasteiger partial charge in [-0.3, -0.25) is 9.69 Å². The van der Waals surface area contributed by atoms with Gasteiger partial charge in [0.2, 0.25) is 11.8 Å². The number of piperazine rings is 1. The number of hydrogen-bond acceptors (Lipinski definition) is 9. The lowest BCUT2D eigenvalue weighted by Gasteiger charge is -2.43. The van der Waals surface area contributed by atoms with Crippen molar-refractivity contribution >= 4 is 28.1 Å². The number of methoxy groups -OCH3 is 1. The number of ether oxygens (including phenoxy) is 2. The van der Waals surface area contributed by atoms with E-state index in [4.69, 9.17) is 14.5 Å². The SMILES string of the molecule is C=CC(=O)N1CCN(c2c(C#N)c(OCCN3CCC[C@H](OC)C3)nc3c2CCN(c2cccc4cccc(C)c24)C3)C[C@@H]1CC#N. The first kappa shape index (κ1) is 32.3. The highest BCUT2D eigenvalue weighted by Gasteiger charge is 2.35. The Bertz CT molecular complexity index is 1720. The minimum Gasteiger partial charge on any atom is -0.475 e. The van der Waals surface area contributed by atoms with Crippen molar-refractivity contribution in [2.24, 2.45) is 0 Å². The molecule has 0 bridgehead atoms. The van der Waals surface area contributed by atoms with Gasteiger partial charge in [-0.25, -0.2) is 4.98 Å². The average molecular weight is 634 g/mol. The van der Waals surface area contributed by atoms with Crippen LogP contribution in [-0.2, 0) is 22.5 Å². The molecule has 2 atom stereocenters. The zero-order valence-corrected chi connectivity index (χ0v) is 27.5. The molecule has 3 aliphatic rings. The van der Waals surface area contributed by atoms with Crippen LogP contribution in [0.1, 0.15) is 41.6 Å². The molecule has 3 aliphatic heterocycles. The summed E-state index contributed by atoms with van der Waals surface area (Å²) in [7, 11) is 1.76. The van der Waals surface area contributed by atoms with Gasteiger partial charge in [-0.2, -0.15) is 10.5 Å². The van der Waals surface area contributed by atoms with Crippen molar-refractivity contribution in [1.82, 2.24) is 14.8 Å². The van der Waals surface area contributed by atoms with Crippen LogP contribution in [0, 0.1) is 29.6 Å². The van der Waals surface area contributed by atoms with Crippen LogP contribution in [0.25, 0.3) is 10.8 Å². The van der Waals surface area contributed by atoms with Gasteiger partial charge >= 0.3 is 0 Å². The number of carbonyl (C=O) groups is 1. The third-order valence-corrected chi connectivity index (χ3v) is 9.86. The molecule has 0 aliphatic carbocycles. The van der Waals surface area contributed by atoms with Gasteiger partial charge in [0.05, 0.1) is 42.6 Å². The fourth-order valence-corrected chi connectivity index (χ4v) is 7.49. The van der Waals surface area contributed by atoms with Crippen LogP contribution >= 0.6 is 0 Å². The van der Waals surface area contributed by atoms with Crippen molar-refractivity contribution < 1.29 is 14.3 Å². The zero-order chi connectivity index (χ0) is 32.9. The Balaban J connectivity index is 1.35. The minimum absolute atomic E-state index is 0.180. The second-order valence-corrected chi connectivity index (χ2v) is 12.6. The van der Waals surface area contributed by atoms with E-state index >= 15 is 0 Å². The van der Waals surface area contributed by atoms with Crippen LogP contribution < -0.4 is 14.5 Å². The number of carbonyl (C=O) groups excluding carboxylic acids is 1. The predicted molar refractivity (Wildman–Crippen MR) is 182 cm³/mol. The first-order valence-corrected chi connectivity index (χ1v) is 16.6. The Morgan fingerprint density at radius 1 is 1.11 bits per heavy atom. The van der Waals surface area contributed by atoms with Gasteiger partial charge in [0.15, 0.2) is 0 Å². The highest BCUT2D eigenvalue weighted by molar-refractivity contribution is 5.97. The Morgan fingerprint density at radius 2 is 1.94 bits per heavy atom. The average Bonchev–Trinajstić information content (AvgIpc) is 3.10. The molecule has 4 heterocycles. The lowest BCUT2D eigenvalue weighted by molar-refractivity contribution is -0.128. The van der Waals surface area contributed by atoms with Crippen molar-refractivity contribution in [2.45, 2.75) is 51.3 Å². The third kappa shape index (κ3) is 6.62. The number of anilines is 2. The van der Waals surface area contributed by atoms with Crippen LogP contribution in [0.3, 0.4) is 0 Å². The summed E-state index contributed by atoms with van der Waals surface area (Å²) in [5, 5.41) is 22.7. The molecule has 10 heteroatoms. The first-order chi connectivity index (χ1) is 22.9. The minimum atomic E-state index is -0.314. The van der Waals surface area contributed by atoms with E-state index in [1.54, 1.807) is 12.0 Å². The smallest absolute Gasteiger partial charge is 0.246 e. The van der Waals surface area contributed by atoms with Gasteiger partial charge in [0, 0.05) is 63.0 Å². The molecule has 0 spiro atoms. The number of nitrogens with zero attached hydrogens (tertiary/aromatic N) is 7. The molecular weight excluding hydrogens is 590 g/mol. The summed E-state index contributed by atoms with van der Waals surface area (Å²) in [6.45, 7) is 11.5. The zero-order valence-electron chi connectivity index (χ0n) is 27.5. The molecule has 244 valence electrons. The van der Waals surface area contributed by atoms with Crippen LogP contribution in [0.15, 0.2) is 49.1 Å². The summed E-state index contributed by atoms with van der Waals surface area (Å²) >= 11 is 0. The summed E-state index contributed by atoms with van der Waals surface area (Å²) in [4.78, 5) is 26.3. The number of piperidine rings is 1. The molecule has 1 amide bonds. The van der Waals surface area contributed by atoms with E-state index in [-0.39, 0.29) is 24.5 Å². The number of aryl methyl sites for hydroxylation is 1. The maximum absolute atomic E-state index is 12.7. The second-order valence-electron chi connectivity index (χ2n) is 12.6. The number of nitriles is 2. The molecular formula is C37H43N7O3. The summed E-state index contributed by atoms with van der Waals surface area (Å²) in [6, 6.07) is 17.2. The summed E-state index contributed by atoms with van der Waals surface area (Å²) in [6.07, 6.45) is 4.58. The fraction of sp³-hybridized carbons (Fsp3) is 0.459. The van der Waals surface area contributed by atoms with E-state index in [2.05, 4.69) is 76.7 Å². The summed E-state index contributed by atoms with van der Waals surface area (Å²) < 4.78 is 12.0. The van der Waals surface area contributed by atoms with Crippen molar-refractivity contribution in [2.75, 3.05) is 69.3 Å². The van der Waals surface area contributed by atoms with Crippen molar-refractivity contribution in [1.29, 1.82) is 10.5 Å². The number of amides is 1. The second kappa shape index (κ2) is 14.4. The number of likely N-dealkylation sites (tertiary alicyclic amines) is 1. The van der Waals surface area contributed by atoms with Crippen LogP contribution in [0.5, 0.6) is 5.88 Å². The van der Waals surface area contributed by atoms with E-state index < -0.39 is 0 Å². The molecule has 47 heavy (non-hydrogen) atoms. The Kier molecular flexibility index (Phi) is 9.91. The van der Waals surface area contributed by atoms with Crippen LogP contribution in [0.2, 0.25) is 0 Å². The predicted octanol–water partition coefficient (Wildman–Crippen LogP) is 4.58. The van der Waals surface area contributed by atoms with Crippen molar-refractivity contribution in [3.63, 3.8) is 0 Å². The molecule has 6 rings (SSSR count). The number of benzene rings is 2. The standard InChI is InChI=1S/C37H43N7O3/c1-4-34(45)44-19-18-43(23-28(44)13-15-38)36-30-14-17-42(33-12-6-10-27-9-5-8-26(2)35(27)33)25-32(30)40-37(31(36)22-39)47-21-20-41-16-7-11-29(24-41)46-3/h4-6,8-10,12,28-29H,1,7,11,13-14,16-21,23-25H2,2-3H3/t28-,29-/m0/s1. The van der Waals surface area contributed by atoms with Gasteiger partial charge in [-0.05, 0) is 55.8 Å². The van der Waals surface area contributed by atoms with Crippen LogP contribution in [-0.4, -0.2) is 92.4 Å². The van der Waals surface area contributed by atoms with Gasteiger partial charge in [-0.1, -0.05) is 36.9 Å².